The molecule has 2 aromatic carbocycles. The molecule has 0 atom stereocenters. The molecule has 0 bridgehead atoms. The predicted molar refractivity (Wildman–Crippen MR) is 134 cm³/mol. The van der Waals surface area contributed by atoms with Crippen molar-refractivity contribution in [2.24, 2.45) is 0 Å². The number of pyridine rings is 1. The van der Waals surface area contributed by atoms with Crippen molar-refractivity contribution in [1.82, 2.24) is 14.5 Å². The number of fused-ring (bicyclic) bond motifs is 3. The molecule has 0 saturated heterocycles. The predicted octanol–water partition coefficient (Wildman–Crippen LogP) is 4.40. The van der Waals surface area contributed by atoms with Gasteiger partial charge in [-0.05, 0) is 41.1 Å². The number of anilines is 2. The molecule has 174 valence electrons. The van der Waals surface area contributed by atoms with Crippen molar-refractivity contribution in [1.29, 1.82) is 5.26 Å². The first-order valence-corrected chi connectivity index (χ1v) is 11.8. The van der Waals surface area contributed by atoms with Gasteiger partial charge >= 0.3 is 17.1 Å². The molecular formula is C24H10ClN5O4S2. The van der Waals surface area contributed by atoms with Gasteiger partial charge in [-0.3, -0.25) is 24.1 Å². The van der Waals surface area contributed by atoms with Crippen molar-refractivity contribution < 1.29 is 19.2 Å². The van der Waals surface area contributed by atoms with E-state index in [4.69, 9.17) is 23.8 Å². The second kappa shape index (κ2) is 9.09. The molecule has 0 N–H and O–H groups in total. The SMILES string of the molecule is N#Cc1c(N(C(=O)C(=O)Cl)c2ccccc2)nc2c(c1-c1ccccc1)c(=S)nc1n2C(=O)C(=O)S1. The number of benzene rings is 2. The van der Waals surface area contributed by atoms with Crippen LogP contribution in [0.4, 0.5) is 11.5 Å². The minimum atomic E-state index is -1.32. The molecule has 9 nitrogen and oxygen atoms in total. The molecule has 5 rings (SSSR count). The average Bonchev–Trinajstić information content (AvgIpc) is 3.17. The lowest BCUT2D eigenvalue weighted by atomic mass is 9.97. The zero-order valence-electron chi connectivity index (χ0n) is 17.8. The van der Waals surface area contributed by atoms with E-state index in [0.717, 1.165) is 9.47 Å². The van der Waals surface area contributed by atoms with Gasteiger partial charge in [0.25, 0.3) is 5.12 Å². The zero-order chi connectivity index (χ0) is 25.6. The minimum absolute atomic E-state index is 0.00617. The second-order valence-corrected chi connectivity index (χ2v) is 9.01. The molecule has 12 heteroatoms. The van der Waals surface area contributed by atoms with E-state index >= 15 is 0 Å². The summed E-state index contributed by atoms with van der Waals surface area (Å²) in [5, 5.41) is 8.36. The Hall–Kier alpha value is -4.24. The van der Waals surface area contributed by atoms with Crippen LogP contribution in [0.15, 0.2) is 65.8 Å². The van der Waals surface area contributed by atoms with Gasteiger partial charge < -0.3 is 0 Å². The number of carbonyl (C=O) groups excluding carboxylic acids is 4. The maximum Gasteiger partial charge on any atom is 0.316 e. The van der Waals surface area contributed by atoms with Gasteiger partial charge in [0.2, 0.25) is 0 Å². The molecule has 1 aliphatic rings. The van der Waals surface area contributed by atoms with Gasteiger partial charge in [0, 0.05) is 5.56 Å². The van der Waals surface area contributed by atoms with E-state index in [1.807, 2.05) is 0 Å². The molecule has 0 spiro atoms. The third kappa shape index (κ3) is 3.68. The molecule has 2 aromatic heterocycles. The highest BCUT2D eigenvalue weighted by atomic mass is 35.5. The van der Waals surface area contributed by atoms with Crippen LogP contribution in [0.5, 0.6) is 0 Å². The van der Waals surface area contributed by atoms with E-state index in [1.165, 1.54) is 12.1 Å². The number of nitriles is 1. The first kappa shape index (κ1) is 23.5. The summed E-state index contributed by atoms with van der Waals surface area (Å²) in [6.45, 7) is 0. The Morgan fingerprint density at radius 2 is 1.67 bits per heavy atom. The van der Waals surface area contributed by atoms with Crippen molar-refractivity contribution in [3.05, 3.63) is 70.9 Å². The fraction of sp³-hybridized carbons (Fsp3) is 0. The second-order valence-electron chi connectivity index (χ2n) is 7.34. The molecule has 0 aliphatic carbocycles. The molecule has 3 heterocycles. The highest BCUT2D eigenvalue weighted by Crippen LogP contribution is 2.41. The Bertz CT molecular complexity index is 1730. The lowest BCUT2D eigenvalue weighted by Gasteiger charge is -2.23. The molecule has 0 saturated carbocycles. The summed E-state index contributed by atoms with van der Waals surface area (Å²) in [5.74, 6) is -2.34. The summed E-state index contributed by atoms with van der Waals surface area (Å²) in [6, 6.07) is 18.7. The molecule has 0 unspecified atom stereocenters. The van der Waals surface area contributed by atoms with Crippen molar-refractivity contribution in [3.8, 4) is 17.2 Å². The van der Waals surface area contributed by atoms with E-state index < -0.39 is 22.2 Å². The van der Waals surface area contributed by atoms with Gasteiger partial charge in [-0.1, -0.05) is 60.7 Å². The van der Waals surface area contributed by atoms with Crippen LogP contribution in [0.1, 0.15) is 10.4 Å². The van der Waals surface area contributed by atoms with Crippen molar-refractivity contribution in [2.75, 3.05) is 4.90 Å². The minimum Gasteiger partial charge on any atom is -0.275 e. The maximum atomic E-state index is 13.0. The average molecular weight is 532 g/mol. The highest BCUT2D eigenvalue weighted by Gasteiger charge is 2.36. The Labute approximate surface area is 216 Å². The Balaban J connectivity index is 2.01. The van der Waals surface area contributed by atoms with Crippen LogP contribution < -0.4 is 4.90 Å². The largest absolute Gasteiger partial charge is 0.316 e. The van der Waals surface area contributed by atoms with Crippen molar-refractivity contribution >= 4 is 80.3 Å². The molecule has 36 heavy (non-hydrogen) atoms. The monoisotopic (exact) mass is 531 g/mol. The summed E-state index contributed by atoms with van der Waals surface area (Å²) >= 11 is 11.7. The van der Waals surface area contributed by atoms with Crippen LogP contribution in [-0.2, 0) is 14.4 Å². The van der Waals surface area contributed by atoms with Crippen molar-refractivity contribution in [3.63, 3.8) is 0 Å². The topological polar surface area (TPSA) is 126 Å². The summed E-state index contributed by atoms with van der Waals surface area (Å²) in [6.07, 6.45) is 0. The lowest BCUT2D eigenvalue weighted by Crippen LogP contribution is -2.32. The summed E-state index contributed by atoms with van der Waals surface area (Å²) in [5.41, 5.74) is 0.751. The van der Waals surface area contributed by atoms with Gasteiger partial charge in [0.05, 0.1) is 11.1 Å². The normalized spacial score (nSPS) is 12.3. The molecule has 4 aromatic rings. The third-order valence-corrected chi connectivity index (χ3v) is 6.58. The van der Waals surface area contributed by atoms with Crippen LogP contribution in [0.25, 0.3) is 22.2 Å². The van der Waals surface area contributed by atoms with E-state index in [2.05, 4.69) is 16.0 Å². The summed E-state index contributed by atoms with van der Waals surface area (Å²) in [7, 11) is 0. The molecule has 0 fully saturated rings. The Morgan fingerprint density at radius 3 is 2.28 bits per heavy atom. The number of rotatable bonds is 4. The fourth-order valence-corrected chi connectivity index (χ4v) is 5.00. The first-order valence-electron chi connectivity index (χ1n) is 10.1. The smallest absolute Gasteiger partial charge is 0.275 e. The molecule has 1 amide bonds. The Morgan fingerprint density at radius 1 is 1.03 bits per heavy atom. The molecule has 0 radical (unpaired) electrons. The fourth-order valence-electron chi connectivity index (χ4n) is 3.84. The van der Waals surface area contributed by atoms with Gasteiger partial charge in [-0.2, -0.15) is 5.26 Å². The van der Waals surface area contributed by atoms with Gasteiger partial charge in [0.15, 0.2) is 16.6 Å². The number of aromatic nitrogens is 3. The van der Waals surface area contributed by atoms with Gasteiger partial charge in [-0.15, -0.1) is 0 Å². The number of thioether (sulfide) groups is 1. The Kier molecular flexibility index (Phi) is 5.93. The number of halogens is 1. The maximum absolute atomic E-state index is 13.0. The number of nitrogens with zero attached hydrogens (tertiary/aromatic N) is 5. The van der Waals surface area contributed by atoms with Crippen molar-refractivity contribution in [2.45, 2.75) is 5.16 Å². The van der Waals surface area contributed by atoms with E-state index in [-0.39, 0.29) is 43.5 Å². The van der Waals surface area contributed by atoms with Crippen LogP contribution in [0, 0.1) is 16.0 Å². The highest BCUT2D eigenvalue weighted by molar-refractivity contribution is 8.15. The van der Waals surface area contributed by atoms with Gasteiger partial charge in [-0.25, -0.2) is 14.5 Å². The number of hydrogen-bond acceptors (Lipinski definition) is 9. The van der Waals surface area contributed by atoms with E-state index in [1.54, 1.807) is 48.5 Å². The van der Waals surface area contributed by atoms with Crippen LogP contribution in [0.3, 0.4) is 0 Å². The molecular weight excluding hydrogens is 522 g/mol. The van der Waals surface area contributed by atoms with Gasteiger partial charge in [0.1, 0.15) is 16.3 Å². The quantitative estimate of drug-likeness (QED) is 0.163. The third-order valence-electron chi connectivity index (χ3n) is 5.31. The summed E-state index contributed by atoms with van der Waals surface area (Å²) in [4.78, 5) is 59.6. The molecule has 1 aliphatic heterocycles. The number of para-hydroxylation sites is 1. The lowest BCUT2D eigenvalue weighted by molar-refractivity contribution is -0.131. The number of hydrogen-bond donors (Lipinski definition) is 0. The van der Waals surface area contributed by atoms with Crippen LogP contribution in [-0.4, -0.2) is 36.7 Å². The number of carbonyl (C=O) groups is 4. The van der Waals surface area contributed by atoms with E-state index in [0.29, 0.717) is 17.3 Å². The number of amides is 1. The van der Waals surface area contributed by atoms with Crippen LogP contribution >= 0.6 is 35.6 Å². The zero-order valence-corrected chi connectivity index (χ0v) is 20.2. The first-order chi connectivity index (χ1) is 17.3. The van der Waals surface area contributed by atoms with E-state index in [9.17, 15) is 24.4 Å². The summed E-state index contributed by atoms with van der Waals surface area (Å²) < 4.78 is 0.998. The standard InChI is InChI=1S/C24H10ClN5O4S2/c25-17(31)21(32)29(13-9-5-2-6-10-13)18-14(11-26)15(12-7-3-1-4-8-12)16-19(27-18)30-22(33)23(34)36-24(30)28-20(16)35/h1-10H. The van der Waals surface area contributed by atoms with Crippen LogP contribution in [0.2, 0.25) is 0 Å².